The minimum absolute atomic E-state index is 0.278. The number of benzene rings is 2. The molecule has 4 heteroatoms. The summed E-state index contributed by atoms with van der Waals surface area (Å²) in [5.74, 6) is 2.02. The van der Waals surface area contributed by atoms with Gasteiger partial charge in [0, 0.05) is 51.7 Å². The van der Waals surface area contributed by atoms with Crippen molar-refractivity contribution >= 4 is 5.91 Å². The number of nitrogens with zero attached hydrogens (tertiary/aromatic N) is 3. The third kappa shape index (κ3) is 5.81. The van der Waals surface area contributed by atoms with Crippen molar-refractivity contribution in [3.05, 3.63) is 71.8 Å². The molecule has 2 atom stereocenters. The minimum atomic E-state index is 0.278. The summed E-state index contributed by atoms with van der Waals surface area (Å²) in [6, 6.07) is 22.1. The first kappa shape index (κ1) is 24.5. The van der Waals surface area contributed by atoms with Crippen LogP contribution in [0, 0.1) is 23.2 Å². The molecule has 3 fully saturated rings. The van der Waals surface area contributed by atoms with Crippen LogP contribution in [0.5, 0.6) is 0 Å². The van der Waals surface area contributed by atoms with Crippen molar-refractivity contribution in [3.8, 4) is 0 Å². The van der Waals surface area contributed by atoms with Gasteiger partial charge < -0.3 is 9.80 Å². The molecule has 1 amide bonds. The van der Waals surface area contributed by atoms with Crippen molar-refractivity contribution in [3.63, 3.8) is 0 Å². The van der Waals surface area contributed by atoms with Crippen LogP contribution in [0.15, 0.2) is 60.7 Å². The SMILES string of the molecule is CC(C)(C)C1CCN(C(=O)C2CC2CN2CCN(C(c3ccccc3)c3ccccc3)CC2)CC1. The van der Waals surface area contributed by atoms with E-state index in [2.05, 4.69) is 96.1 Å². The Morgan fingerprint density at radius 2 is 1.37 bits per heavy atom. The van der Waals surface area contributed by atoms with E-state index in [4.69, 9.17) is 0 Å². The summed E-state index contributed by atoms with van der Waals surface area (Å²) in [4.78, 5) is 20.5. The van der Waals surface area contributed by atoms with Crippen molar-refractivity contribution in [2.45, 2.75) is 46.1 Å². The molecule has 35 heavy (non-hydrogen) atoms. The van der Waals surface area contributed by atoms with Crippen LogP contribution in [0.2, 0.25) is 0 Å². The third-order valence-electron chi connectivity index (χ3n) is 8.77. The lowest BCUT2D eigenvalue weighted by Gasteiger charge is -2.40. The number of piperidine rings is 1. The predicted octanol–water partition coefficient (Wildman–Crippen LogP) is 5.31. The Balaban J connectivity index is 1.12. The summed E-state index contributed by atoms with van der Waals surface area (Å²) in [6.45, 7) is 14.3. The van der Waals surface area contributed by atoms with Gasteiger partial charge in [0.05, 0.1) is 6.04 Å². The monoisotopic (exact) mass is 473 g/mol. The zero-order chi connectivity index (χ0) is 24.4. The summed E-state index contributed by atoms with van der Waals surface area (Å²) in [6.07, 6.45) is 3.42. The molecule has 2 aromatic carbocycles. The Hall–Kier alpha value is -2.17. The molecule has 0 bridgehead atoms. The topological polar surface area (TPSA) is 26.8 Å². The van der Waals surface area contributed by atoms with E-state index in [1.807, 2.05) is 0 Å². The molecule has 0 radical (unpaired) electrons. The van der Waals surface area contributed by atoms with Gasteiger partial charge in [-0.1, -0.05) is 81.4 Å². The molecular weight excluding hydrogens is 430 g/mol. The first-order valence-corrected chi connectivity index (χ1v) is 13.8. The number of hydrogen-bond donors (Lipinski definition) is 0. The van der Waals surface area contributed by atoms with Crippen LogP contribution in [0.4, 0.5) is 0 Å². The van der Waals surface area contributed by atoms with Gasteiger partial charge >= 0.3 is 0 Å². The quantitative estimate of drug-likeness (QED) is 0.569. The Kier molecular flexibility index (Phi) is 7.31. The highest BCUT2D eigenvalue weighted by molar-refractivity contribution is 5.81. The summed E-state index contributed by atoms with van der Waals surface area (Å²) in [7, 11) is 0. The molecule has 4 nitrogen and oxygen atoms in total. The van der Waals surface area contributed by atoms with E-state index in [0.717, 1.165) is 58.2 Å². The van der Waals surface area contributed by atoms with Crippen LogP contribution in [0.25, 0.3) is 0 Å². The van der Waals surface area contributed by atoms with E-state index in [1.54, 1.807) is 0 Å². The fraction of sp³-hybridized carbons (Fsp3) is 0.581. The van der Waals surface area contributed by atoms with Gasteiger partial charge in [0.15, 0.2) is 0 Å². The van der Waals surface area contributed by atoms with Crippen molar-refractivity contribution in [2.24, 2.45) is 23.2 Å². The second kappa shape index (κ2) is 10.4. The van der Waals surface area contributed by atoms with Gasteiger partial charge in [-0.25, -0.2) is 0 Å². The van der Waals surface area contributed by atoms with E-state index in [1.165, 1.54) is 24.0 Å². The van der Waals surface area contributed by atoms with Crippen molar-refractivity contribution < 1.29 is 4.79 Å². The van der Waals surface area contributed by atoms with Gasteiger partial charge in [-0.3, -0.25) is 9.69 Å². The molecule has 1 aliphatic carbocycles. The molecule has 2 aromatic rings. The number of carbonyl (C=O) groups is 1. The molecule has 0 N–H and O–H groups in total. The maximum atomic E-state index is 13.1. The van der Waals surface area contributed by atoms with Crippen LogP contribution in [0.1, 0.15) is 57.2 Å². The molecule has 2 aliphatic heterocycles. The molecule has 1 saturated carbocycles. The Labute approximate surface area is 212 Å². The number of piperazine rings is 1. The average Bonchev–Trinajstić information content (AvgIpc) is 3.65. The molecule has 3 aliphatic rings. The largest absolute Gasteiger partial charge is 0.342 e. The Morgan fingerprint density at radius 3 is 1.89 bits per heavy atom. The van der Waals surface area contributed by atoms with Crippen LogP contribution >= 0.6 is 0 Å². The number of likely N-dealkylation sites (tertiary alicyclic amines) is 1. The lowest BCUT2D eigenvalue weighted by atomic mass is 9.75. The third-order valence-corrected chi connectivity index (χ3v) is 8.77. The maximum Gasteiger partial charge on any atom is 0.226 e. The summed E-state index contributed by atoms with van der Waals surface area (Å²) in [5, 5.41) is 0. The number of rotatable bonds is 6. The number of amides is 1. The molecule has 2 heterocycles. The predicted molar refractivity (Wildman–Crippen MR) is 143 cm³/mol. The highest BCUT2D eigenvalue weighted by Gasteiger charge is 2.46. The molecule has 2 unspecified atom stereocenters. The van der Waals surface area contributed by atoms with Gasteiger partial charge in [-0.05, 0) is 47.6 Å². The van der Waals surface area contributed by atoms with Gasteiger partial charge in [0.2, 0.25) is 5.91 Å². The Bertz CT molecular complexity index is 914. The molecule has 0 aromatic heterocycles. The highest BCUT2D eigenvalue weighted by Crippen LogP contribution is 2.42. The summed E-state index contributed by atoms with van der Waals surface area (Å²) < 4.78 is 0. The first-order chi connectivity index (χ1) is 16.9. The second-order valence-electron chi connectivity index (χ2n) is 12.1. The van der Waals surface area contributed by atoms with Crippen molar-refractivity contribution in [1.29, 1.82) is 0 Å². The first-order valence-electron chi connectivity index (χ1n) is 13.8. The van der Waals surface area contributed by atoms with E-state index in [0.29, 0.717) is 23.3 Å². The van der Waals surface area contributed by atoms with Crippen LogP contribution in [-0.2, 0) is 4.79 Å². The zero-order valence-electron chi connectivity index (χ0n) is 21.9. The number of hydrogen-bond acceptors (Lipinski definition) is 3. The standard InChI is InChI=1S/C31H43N3O/c1-31(2,3)27-14-16-34(17-15-27)30(35)28-22-26(28)23-32-18-20-33(21-19-32)29(24-10-6-4-7-11-24)25-12-8-5-9-13-25/h4-13,26-29H,14-23H2,1-3H3. The van der Waals surface area contributed by atoms with E-state index in [9.17, 15) is 4.79 Å². The molecule has 0 spiro atoms. The van der Waals surface area contributed by atoms with Gasteiger partial charge in [-0.15, -0.1) is 0 Å². The van der Waals surface area contributed by atoms with E-state index >= 15 is 0 Å². The van der Waals surface area contributed by atoms with Gasteiger partial charge in [0.25, 0.3) is 0 Å². The molecule has 5 rings (SSSR count). The minimum Gasteiger partial charge on any atom is -0.342 e. The van der Waals surface area contributed by atoms with Gasteiger partial charge in [0.1, 0.15) is 0 Å². The van der Waals surface area contributed by atoms with E-state index < -0.39 is 0 Å². The van der Waals surface area contributed by atoms with Gasteiger partial charge in [-0.2, -0.15) is 0 Å². The van der Waals surface area contributed by atoms with Crippen molar-refractivity contribution in [1.82, 2.24) is 14.7 Å². The smallest absolute Gasteiger partial charge is 0.226 e. The highest BCUT2D eigenvalue weighted by atomic mass is 16.2. The van der Waals surface area contributed by atoms with E-state index in [-0.39, 0.29) is 5.92 Å². The lowest BCUT2D eigenvalue weighted by molar-refractivity contribution is -0.134. The van der Waals surface area contributed by atoms with Crippen molar-refractivity contribution in [2.75, 3.05) is 45.8 Å². The maximum absolute atomic E-state index is 13.1. The van der Waals surface area contributed by atoms with Crippen LogP contribution in [-0.4, -0.2) is 66.4 Å². The molecular formula is C31H43N3O. The lowest BCUT2D eigenvalue weighted by Crippen LogP contribution is -2.48. The fourth-order valence-corrected chi connectivity index (χ4v) is 6.37. The van der Waals surface area contributed by atoms with Crippen LogP contribution in [0.3, 0.4) is 0 Å². The normalized spacial score (nSPS) is 24.6. The fourth-order valence-electron chi connectivity index (χ4n) is 6.37. The Morgan fingerprint density at radius 1 is 0.829 bits per heavy atom. The zero-order valence-corrected chi connectivity index (χ0v) is 21.9. The summed E-state index contributed by atoms with van der Waals surface area (Å²) in [5.41, 5.74) is 3.10. The summed E-state index contributed by atoms with van der Waals surface area (Å²) >= 11 is 0. The molecule has 2 saturated heterocycles. The molecule has 188 valence electrons. The second-order valence-corrected chi connectivity index (χ2v) is 12.1. The number of carbonyl (C=O) groups excluding carboxylic acids is 1. The average molecular weight is 474 g/mol. The van der Waals surface area contributed by atoms with Crippen LogP contribution < -0.4 is 0 Å².